The van der Waals surface area contributed by atoms with Gasteiger partial charge in [-0.25, -0.2) is 8.42 Å². The van der Waals surface area contributed by atoms with Crippen LogP contribution in [0.1, 0.15) is 5.56 Å². The van der Waals surface area contributed by atoms with Crippen LogP contribution in [0.4, 0.5) is 18.9 Å². The number of halogens is 5. The average molecular weight is 513 g/mol. The molecule has 0 aromatic heterocycles. The van der Waals surface area contributed by atoms with E-state index in [-0.39, 0.29) is 47.0 Å². The molecule has 1 aliphatic rings. The van der Waals surface area contributed by atoms with Gasteiger partial charge in [-0.05, 0) is 36.4 Å². The average Bonchev–Trinajstić information content (AvgIpc) is 2.74. The number of sulfonamides is 1. The lowest BCUT2D eigenvalue weighted by molar-refractivity contribution is -0.137. The summed E-state index contributed by atoms with van der Waals surface area (Å²) >= 11 is 11.6. The molecule has 32 heavy (non-hydrogen) atoms. The molecular formula is C19H17Cl2F3N2O5S. The predicted octanol–water partition coefficient (Wildman–Crippen LogP) is 4.05. The van der Waals surface area contributed by atoms with Gasteiger partial charge < -0.3 is 14.8 Å². The van der Waals surface area contributed by atoms with Gasteiger partial charge in [0.25, 0.3) is 5.91 Å². The number of hydrogen-bond donors (Lipinski definition) is 1. The summed E-state index contributed by atoms with van der Waals surface area (Å²) in [6.45, 7) is -0.0354. The molecule has 1 N–H and O–H groups in total. The van der Waals surface area contributed by atoms with Crippen LogP contribution in [0.25, 0.3) is 0 Å². The van der Waals surface area contributed by atoms with Crippen molar-refractivity contribution in [2.24, 2.45) is 0 Å². The summed E-state index contributed by atoms with van der Waals surface area (Å²) in [7, 11) is -4.00. The highest BCUT2D eigenvalue weighted by atomic mass is 35.5. The minimum atomic E-state index is -4.75. The van der Waals surface area contributed by atoms with E-state index in [0.29, 0.717) is 6.07 Å². The van der Waals surface area contributed by atoms with Gasteiger partial charge in [0.2, 0.25) is 10.0 Å². The predicted molar refractivity (Wildman–Crippen MR) is 112 cm³/mol. The van der Waals surface area contributed by atoms with Crippen LogP contribution in [0.3, 0.4) is 0 Å². The van der Waals surface area contributed by atoms with Crippen LogP contribution in [0.2, 0.25) is 10.0 Å². The quantitative estimate of drug-likeness (QED) is 0.630. The first-order valence-corrected chi connectivity index (χ1v) is 11.3. The van der Waals surface area contributed by atoms with Crippen molar-refractivity contribution in [2.45, 2.75) is 11.1 Å². The van der Waals surface area contributed by atoms with Crippen LogP contribution in [-0.2, 0) is 25.7 Å². The maximum Gasteiger partial charge on any atom is 0.418 e. The molecular weight excluding hydrogens is 496 g/mol. The van der Waals surface area contributed by atoms with E-state index in [1.54, 1.807) is 0 Å². The standard InChI is InChI=1S/C19H17Cl2F3N2O5S/c20-12-1-3-15(14(9-12)19(22,23)24)25-18(27)11-31-16-4-2-13(21)10-17(16)32(28,29)26-5-7-30-8-6-26/h1-4,9-10H,5-8,11H2,(H,25,27). The third-order valence-corrected chi connectivity index (χ3v) is 6.80. The molecule has 1 saturated heterocycles. The van der Waals surface area contributed by atoms with E-state index >= 15 is 0 Å². The molecule has 1 fully saturated rings. The van der Waals surface area contributed by atoms with Crippen molar-refractivity contribution >= 4 is 44.8 Å². The van der Waals surface area contributed by atoms with Gasteiger partial charge in [-0.3, -0.25) is 4.79 Å². The van der Waals surface area contributed by atoms with Gasteiger partial charge >= 0.3 is 6.18 Å². The molecule has 0 saturated carbocycles. The normalized spacial score (nSPS) is 15.4. The number of alkyl halides is 3. The summed E-state index contributed by atoms with van der Waals surface area (Å²) in [5.41, 5.74) is -1.63. The zero-order valence-corrected chi connectivity index (χ0v) is 18.6. The molecule has 2 aromatic rings. The summed E-state index contributed by atoms with van der Waals surface area (Å²) in [4.78, 5) is 12.0. The second kappa shape index (κ2) is 9.84. The lowest BCUT2D eigenvalue weighted by Crippen LogP contribution is -2.40. The number of amides is 1. The molecule has 1 aliphatic heterocycles. The number of nitrogens with one attached hydrogen (secondary N) is 1. The van der Waals surface area contributed by atoms with E-state index in [4.69, 9.17) is 32.7 Å². The Labute approximate surface area is 192 Å². The molecule has 0 radical (unpaired) electrons. The monoisotopic (exact) mass is 512 g/mol. The molecule has 0 atom stereocenters. The van der Waals surface area contributed by atoms with Crippen molar-refractivity contribution in [3.05, 3.63) is 52.0 Å². The number of carbonyl (C=O) groups is 1. The number of nitrogens with zero attached hydrogens (tertiary/aromatic N) is 1. The van der Waals surface area contributed by atoms with Crippen LogP contribution in [-0.4, -0.2) is 51.5 Å². The Kier molecular flexibility index (Phi) is 7.56. The lowest BCUT2D eigenvalue weighted by atomic mass is 10.1. The van der Waals surface area contributed by atoms with Crippen molar-refractivity contribution in [1.29, 1.82) is 0 Å². The van der Waals surface area contributed by atoms with Crippen molar-refractivity contribution in [3.63, 3.8) is 0 Å². The van der Waals surface area contributed by atoms with Gasteiger partial charge in [0.15, 0.2) is 6.61 Å². The Morgan fingerprint density at radius 3 is 2.38 bits per heavy atom. The summed E-state index contributed by atoms with van der Waals surface area (Å²) in [5.74, 6) is -1.09. The van der Waals surface area contributed by atoms with Crippen molar-refractivity contribution in [1.82, 2.24) is 4.31 Å². The van der Waals surface area contributed by atoms with Gasteiger partial charge in [-0.1, -0.05) is 23.2 Å². The second-order valence-electron chi connectivity index (χ2n) is 6.63. The zero-order valence-electron chi connectivity index (χ0n) is 16.3. The Balaban J connectivity index is 1.78. The molecule has 0 bridgehead atoms. The van der Waals surface area contributed by atoms with Crippen molar-refractivity contribution in [3.8, 4) is 5.75 Å². The molecule has 0 spiro atoms. The molecule has 13 heteroatoms. The van der Waals surface area contributed by atoms with Gasteiger partial charge in [-0.2, -0.15) is 17.5 Å². The minimum Gasteiger partial charge on any atom is -0.482 e. The smallest absolute Gasteiger partial charge is 0.418 e. The van der Waals surface area contributed by atoms with Crippen LogP contribution < -0.4 is 10.1 Å². The van der Waals surface area contributed by atoms with Gasteiger partial charge in [-0.15, -0.1) is 0 Å². The number of morpholine rings is 1. The Morgan fingerprint density at radius 1 is 1.09 bits per heavy atom. The zero-order chi connectivity index (χ0) is 23.5. The van der Waals surface area contributed by atoms with Gasteiger partial charge in [0.1, 0.15) is 10.6 Å². The summed E-state index contributed by atoms with van der Waals surface area (Å²) in [5, 5.41) is 2.08. The maximum absolute atomic E-state index is 13.2. The molecule has 2 aromatic carbocycles. The molecule has 174 valence electrons. The molecule has 0 unspecified atom stereocenters. The second-order valence-corrected chi connectivity index (χ2v) is 9.41. The number of rotatable bonds is 6. The SMILES string of the molecule is O=C(COc1ccc(Cl)cc1S(=O)(=O)N1CCOCC1)Nc1ccc(Cl)cc1C(F)(F)F. The highest BCUT2D eigenvalue weighted by Gasteiger charge is 2.34. The number of ether oxygens (including phenoxy) is 2. The number of anilines is 1. The van der Waals surface area contributed by atoms with E-state index < -0.39 is 40.0 Å². The molecule has 0 aliphatic carbocycles. The van der Waals surface area contributed by atoms with E-state index in [0.717, 1.165) is 6.07 Å². The molecule has 1 amide bonds. The highest BCUT2D eigenvalue weighted by Crippen LogP contribution is 2.36. The molecule has 1 heterocycles. The molecule has 7 nitrogen and oxygen atoms in total. The highest BCUT2D eigenvalue weighted by molar-refractivity contribution is 7.89. The van der Waals surface area contributed by atoms with E-state index in [9.17, 15) is 26.4 Å². The van der Waals surface area contributed by atoms with Crippen molar-refractivity contribution in [2.75, 3.05) is 38.2 Å². The fourth-order valence-electron chi connectivity index (χ4n) is 2.92. The van der Waals surface area contributed by atoms with Crippen LogP contribution in [0.15, 0.2) is 41.3 Å². The lowest BCUT2D eigenvalue weighted by Gasteiger charge is -2.26. The third kappa shape index (κ3) is 5.84. The first-order valence-electron chi connectivity index (χ1n) is 9.15. The van der Waals surface area contributed by atoms with Crippen LogP contribution in [0, 0.1) is 0 Å². The Morgan fingerprint density at radius 2 is 1.72 bits per heavy atom. The number of carbonyl (C=O) groups excluding carboxylic acids is 1. The van der Waals surface area contributed by atoms with Crippen LogP contribution in [0.5, 0.6) is 5.75 Å². The van der Waals surface area contributed by atoms with Crippen LogP contribution >= 0.6 is 23.2 Å². The number of benzene rings is 2. The van der Waals surface area contributed by atoms with Gasteiger partial charge in [0.05, 0.1) is 24.5 Å². The molecule has 3 rings (SSSR count). The van der Waals surface area contributed by atoms with E-state index in [2.05, 4.69) is 5.32 Å². The van der Waals surface area contributed by atoms with Gasteiger partial charge in [0, 0.05) is 23.1 Å². The van der Waals surface area contributed by atoms with Crippen molar-refractivity contribution < 1.29 is 35.9 Å². The maximum atomic E-state index is 13.2. The van der Waals surface area contributed by atoms with E-state index in [1.807, 2.05) is 0 Å². The fraction of sp³-hybridized carbons (Fsp3) is 0.316. The summed E-state index contributed by atoms with van der Waals surface area (Å²) in [6, 6.07) is 6.71. The fourth-order valence-corrected chi connectivity index (χ4v) is 4.89. The summed E-state index contributed by atoms with van der Waals surface area (Å²) in [6.07, 6.45) is -4.75. The first-order chi connectivity index (χ1) is 15.0. The third-order valence-electron chi connectivity index (χ3n) is 4.41. The minimum absolute atomic E-state index is 0.129. The Hall–Kier alpha value is -2.05. The topological polar surface area (TPSA) is 84.9 Å². The largest absolute Gasteiger partial charge is 0.482 e. The van der Waals surface area contributed by atoms with E-state index in [1.165, 1.54) is 28.6 Å². The summed E-state index contributed by atoms with van der Waals surface area (Å²) < 4.78 is 77.2. The first kappa shape index (κ1) is 24.6. The Bertz CT molecular complexity index is 1110. The number of hydrogen-bond acceptors (Lipinski definition) is 5.